The maximum absolute atomic E-state index is 13.0. The molecule has 12 heteroatoms. The summed E-state index contributed by atoms with van der Waals surface area (Å²) < 4.78 is 11.5. The average molecular weight is 574 g/mol. The Morgan fingerprint density at radius 3 is 2.61 bits per heavy atom. The van der Waals surface area contributed by atoms with Crippen LogP contribution in [0.15, 0.2) is 59.4 Å². The van der Waals surface area contributed by atoms with Crippen molar-refractivity contribution in [1.29, 1.82) is 0 Å². The Hall–Kier alpha value is -4.64. The molecule has 41 heavy (non-hydrogen) atoms. The Bertz CT molecular complexity index is 1600. The number of carbonyl (C=O) groups is 2. The molecule has 6 rings (SSSR count). The number of fused-ring (bicyclic) bond motifs is 6. The fourth-order valence-electron chi connectivity index (χ4n) is 4.84. The van der Waals surface area contributed by atoms with Crippen molar-refractivity contribution in [2.75, 3.05) is 43.4 Å². The minimum Gasteiger partial charge on any atom is -0.483 e. The van der Waals surface area contributed by atoms with Crippen LogP contribution in [-0.2, 0) is 17.6 Å². The standard InChI is InChI=1S/C29H28ClN7O4/c1-18-2-6-25(41-18)28(39)37-10-8-36(9-11-37)26(38)17-40-24-7-5-21-13-20(24)4-3-19-12-22(15-31-14-19)34-29-32-16-23(30)27(33-21)35-29/h2,5-7,12-16H,3-4,8-11,17H2,1H3,(H2,32,33,34,35). The number of nitrogens with zero attached hydrogens (tertiary/aromatic N) is 5. The van der Waals surface area contributed by atoms with Crippen molar-refractivity contribution in [2.45, 2.75) is 19.8 Å². The number of nitrogens with one attached hydrogen (secondary N) is 2. The van der Waals surface area contributed by atoms with Gasteiger partial charge in [0.2, 0.25) is 5.95 Å². The molecule has 210 valence electrons. The molecule has 0 radical (unpaired) electrons. The van der Waals surface area contributed by atoms with Gasteiger partial charge in [0.05, 0.1) is 18.1 Å². The Kier molecular flexibility index (Phi) is 7.43. The lowest BCUT2D eigenvalue weighted by molar-refractivity contribution is -0.134. The molecule has 11 nitrogen and oxygen atoms in total. The highest BCUT2D eigenvalue weighted by Gasteiger charge is 2.26. The number of rotatable bonds is 4. The van der Waals surface area contributed by atoms with Gasteiger partial charge in [-0.15, -0.1) is 0 Å². The van der Waals surface area contributed by atoms with Crippen LogP contribution in [0.2, 0.25) is 5.02 Å². The normalized spacial score (nSPS) is 14.6. The Balaban J connectivity index is 1.14. The van der Waals surface area contributed by atoms with E-state index in [4.69, 9.17) is 20.8 Å². The summed E-state index contributed by atoms with van der Waals surface area (Å²) in [6.07, 6.45) is 6.44. The third-order valence-corrected chi connectivity index (χ3v) is 7.30. The summed E-state index contributed by atoms with van der Waals surface area (Å²) in [6.45, 7) is 3.43. The highest BCUT2D eigenvalue weighted by atomic mass is 35.5. The number of hydrogen-bond donors (Lipinski definition) is 2. The summed E-state index contributed by atoms with van der Waals surface area (Å²) >= 11 is 6.36. The third-order valence-electron chi connectivity index (χ3n) is 7.02. The van der Waals surface area contributed by atoms with Crippen molar-refractivity contribution in [2.24, 2.45) is 0 Å². The van der Waals surface area contributed by atoms with Gasteiger partial charge in [0.15, 0.2) is 18.2 Å². The highest BCUT2D eigenvalue weighted by Crippen LogP contribution is 2.30. The first-order chi connectivity index (χ1) is 19.9. The number of piperazine rings is 1. The van der Waals surface area contributed by atoms with Crippen LogP contribution in [-0.4, -0.2) is 69.4 Å². The number of benzene rings is 1. The van der Waals surface area contributed by atoms with Crippen LogP contribution in [0, 0.1) is 6.92 Å². The smallest absolute Gasteiger partial charge is 0.289 e. The summed E-state index contributed by atoms with van der Waals surface area (Å²) in [4.78, 5) is 42.2. The number of carbonyl (C=O) groups excluding carboxylic acids is 2. The van der Waals surface area contributed by atoms with Crippen LogP contribution >= 0.6 is 11.6 Å². The predicted octanol–water partition coefficient (Wildman–Crippen LogP) is 4.38. The summed E-state index contributed by atoms with van der Waals surface area (Å²) in [7, 11) is 0. The molecule has 0 spiro atoms. The van der Waals surface area contributed by atoms with Gasteiger partial charge in [0.1, 0.15) is 16.5 Å². The molecule has 5 heterocycles. The van der Waals surface area contributed by atoms with Crippen molar-refractivity contribution in [3.8, 4) is 5.75 Å². The monoisotopic (exact) mass is 573 g/mol. The minimum atomic E-state index is -0.161. The van der Waals surface area contributed by atoms with Gasteiger partial charge in [-0.3, -0.25) is 14.6 Å². The Morgan fingerprint density at radius 1 is 0.976 bits per heavy atom. The second-order valence-corrected chi connectivity index (χ2v) is 10.3. The van der Waals surface area contributed by atoms with Gasteiger partial charge >= 0.3 is 0 Å². The molecule has 1 saturated heterocycles. The van der Waals surface area contributed by atoms with E-state index in [9.17, 15) is 9.59 Å². The molecule has 2 aliphatic heterocycles. The van der Waals surface area contributed by atoms with Gasteiger partial charge in [0.25, 0.3) is 11.8 Å². The van der Waals surface area contributed by atoms with Gasteiger partial charge in [-0.1, -0.05) is 11.6 Å². The fraction of sp³-hybridized carbons (Fsp3) is 0.276. The van der Waals surface area contributed by atoms with Crippen molar-refractivity contribution < 1.29 is 18.7 Å². The molecule has 0 atom stereocenters. The topological polar surface area (TPSA) is 126 Å². The van der Waals surface area contributed by atoms with Crippen LogP contribution in [0.5, 0.6) is 5.75 Å². The molecule has 6 bridgehead atoms. The zero-order valence-electron chi connectivity index (χ0n) is 22.4. The van der Waals surface area contributed by atoms with Crippen LogP contribution in [0.4, 0.5) is 23.1 Å². The number of anilines is 4. The van der Waals surface area contributed by atoms with Crippen LogP contribution < -0.4 is 15.4 Å². The molecule has 2 N–H and O–H groups in total. The van der Waals surface area contributed by atoms with E-state index in [1.54, 1.807) is 35.1 Å². The number of halogens is 1. The number of aromatic nitrogens is 3. The van der Waals surface area contributed by atoms with E-state index in [0.717, 1.165) is 22.5 Å². The zero-order chi connectivity index (χ0) is 28.3. The third kappa shape index (κ3) is 6.09. The van der Waals surface area contributed by atoms with Gasteiger partial charge in [-0.25, -0.2) is 4.98 Å². The van der Waals surface area contributed by atoms with Crippen LogP contribution in [0.1, 0.15) is 27.4 Å². The summed E-state index contributed by atoms with van der Waals surface area (Å²) in [6, 6.07) is 11.1. The van der Waals surface area contributed by atoms with Gasteiger partial charge in [0, 0.05) is 38.1 Å². The van der Waals surface area contributed by atoms with E-state index >= 15 is 0 Å². The maximum atomic E-state index is 13.0. The van der Waals surface area contributed by atoms with Crippen molar-refractivity contribution in [3.05, 3.63) is 82.7 Å². The molecular weight excluding hydrogens is 546 g/mol. The van der Waals surface area contributed by atoms with E-state index < -0.39 is 0 Å². The lowest BCUT2D eigenvalue weighted by Gasteiger charge is -2.34. The first kappa shape index (κ1) is 26.6. The largest absolute Gasteiger partial charge is 0.483 e. The highest BCUT2D eigenvalue weighted by molar-refractivity contribution is 6.32. The molecule has 0 unspecified atom stereocenters. The van der Waals surface area contributed by atoms with E-state index in [0.29, 0.717) is 73.1 Å². The summed E-state index contributed by atoms with van der Waals surface area (Å²) in [5.74, 6) is 2.20. The molecule has 1 aromatic carbocycles. The number of hydrogen-bond acceptors (Lipinski definition) is 9. The van der Waals surface area contributed by atoms with E-state index in [1.807, 2.05) is 30.5 Å². The number of amides is 2. The van der Waals surface area contributed by atoms with Gasteiger partial charge in [-0.2, -0.15) is 4.98 Å². The first-order valence-electron chi connectivity index (χ1n) is 13.3. The quantitative estimate of drug-likeness (QED) is 0.366. The van der Waals surface area contributed by atoms with Crippen LogP contribution in [0.3, 0.4) is 0 Å². The van der Waals surface area contributed by atoms with Gasteiger partial charge < -0.3 is 29.6 Å². The lowest BCUT2D eigenvalue weighted by Crippen LogP contribution is -2.51. The average Bonchev–Trinajstić information content (AvgIpc) is 3.43. The minimum absolute atomic E-state index is 0.104. The van der Waals surface area contributed by atoms with E-state index in [2.05, 4.69) is 25.6 Å². The van der Waals surface area contributed by atoms with E-state index in [-0.39, 0.29) is 18.4 Å². The summed E-state index contributed by atoms with van der Waals surface area (Å²) in [5, 5.41) is 6.81. The fourth-order valence-corrected chi connectivity index (χ4v) is 4.98. The Labute approximate surface area is 241 Å². The lowest BCUT2D eigenvalue weighted by atomic mass is 10.0. The Morgan fingerprint density at radius 2 is 1.80 bits per heavy atom. The first-order valence-corrected chi connectivity index (χ1v) is 13.7. The van der Waals surface area contributed by atoms with Crippen molar-refractivity contribution in [3.63, 3.8) is 0 Å². The molecule has 0 saturated carbocycles. The van der Waals surface area contributed by atoms with Crippen molar-refractivity contribution >= 4 is 46.6 Å². The summed E-state index contributed by atoms with van der Waals surface area (Å²) in [5.41, 5.74) is 3.50. The SMILES string of the molecule is Cc1ccc(C(=O)N2CCN(C(=O)COc3ccc4cc3CCc3cncc(c3)Nc3ncc(Cl)c(n3)N4)CC2)o1. The van der Waals surface area contributed by atoms with Crippen molar-refractivity contribution in [1.82, 2.24) is 24.8 Å². The number of pyridine rings is 1. The van der Waals surface area contributed by atoms with Gasteiger partial charge in [-0.05, 0) is 67.3 Å². The molecule has 3 aromatic heterocycles. The second-order valence-electron chi connectivity index (χ2n) is 9.92. The predicted molar refractivity (Wildman–Crippen MR) is 153 cm³/mol. The molecule has 4 aromatic rings. The van der Waals surface area contributed by atoms with E-state index in [1.165, 1.54) is 6.20 Å². The molecule has 1 fully saturated rings. The molecule has 0 aliphatic carbocycles. The number of aryl methyl sites for hydroxylation is 3. The maximum Gasteiger partial charge on any atom is 0.289 e. The number of ether oxygens (including phenoxy) is 1. The van der Waals surface area contributed by atoms with Crippen LogP contribution in [0.25, 0.3) is 0 Å². The zero-order valence-corrected chi connectivity index (χ0v) is 23.1. The molecule has 2 aliphatic rings. The molecule has 2 amide bonds. The number of furan rings is 1. The molecular formula is C29H28ClN7O4. The second kappa shape index (κ2) is 11.5.